The van der Waals surface area contributed by atoms with Gasteiger partial charge in [0.05, 0.1) is 32.1 Å². The van der Waals surface area contributed by atoms with Crippen molar-refractivity contribution in [2.75, 3.05) is 25.6 Å². The summed E-state index contributed by atoms with van der Waals surface area (Å²) in [7, 11) is -4.44. The number of benzene rings is 2. The van der Waals surface area contributed by atoms with Crippen LogP contribution in [0.4, 0.5) is 28.6 Å². The van der Waals surface area contributed by atoms with Crippen molar-refractivity contribution in [2.45, 2.75) is 13.8 Å². The van der Waals surface area contributed by atoms with Gasteiger partial charge >= 0.3 is 12.9 Å². The molecule has 2 rings (SSSR count). The number of hydrogen-bond donors (Lipinski definition) is 1. The zero-order valence-electron chi connectivity index (χ0n) is 16.5. The van der Waals surface area contributed by atoms with Crippen LogP contribution in [0.5, 0.6) is 17.2 Å². The number of ether oxygens (including phenoxy) is 3. The van der Waals surface area contributed by atoms with Crippen LogP contribution in [0.3, 0.4) is 0 Å². The molecule has 0 saturated carbocycles. The molecule has 0 spiro atoms. The fourth-order valence-electron chi connectivity index (χ4n) is 2.21. The summed E-state index contributed by atoms with van der Waals surface area (Å²) in [5.74, 6) is 1.10. The number of nitrogens with one attached hydrogen (secondary N) is 1. The Balaban J connectivity index is 0.000000804. The van der Waals surface area contributed by atoms with Crippen LogP contribution in [-0.4, -0.2) is 33.5 Å². The van der Waals surface area contributed by atoms with Crippen molar-refractivity contribution >= 4 is 24.5 Å². The van der Waals surface area contributed by atoms with Gasteiger partial charge in [0.2, 0.25) is 11.1 Å². The summed E-state index contributed by atoms with van der Waals surface area (Å²) in [5.41, 5.74) is 1.13. The first-order valence-corrected chi connectivity index (χ1v) is 8.74. The first-order chi connectivity index (χ1) is 14.1. The van der Waals surface area contributed by atoms with Gasteiger partial charge in [-0.3, -0.25) is 4.79 Å². The standard InChI is InChI=1S/C18H19N3O4.BF4/c1-4-24-16-11-15(21-19)17(25-5-2)10-14(16)20-18(22)12-6-8-13(23-3)9-7-12;2-1(3,4)5/h6-11H,4-5H2,1-3H3;/q;-1/p+1. The van der Waals surface area contributed by atoms with Crippen molar-refractivity contribution in [1.82, 2.24) is 0 Å². The van der Waals surface area contributed by atoms with Crippen LogP contribution in [0, 0.1) is 5.39 Å². The molecule has 1 amide bonds. The van der Waals surface area contributed by atoms with E-state index in [9.17, 15) is 22.1 Å². The second-order valence-electron chi connectivity index (χ2n) is 5.46. The number of hydrogen-bond acceptors (Lipinski definition) is 5. The predicted molar refractivity (Wildman–Crippen MR) is 105 cm³/mol. The molecule has 0 aliphatic carbocycles. The van der Waals surface area contributed by atoms with Crippen LogP contribution in [0.25, 0.3) is 4.98 Å². The lowest BCUT2D eigenvalue weighted by Gasteiger charge is -2.12. The fraction of sp³-hybridized carbons (Fsp3) is 0.278. The quantitative estimate of drug-likeness (QED) is 0.356. The molecule has 0 saturated heterocycles. The van der Waals surface area contributed by atoms with Gasteiger partial charge in [-0.25, -0.2) is 0 Å². The number of nitrogens with zero attached hydrogens (tertiary/aromatic N) is 2. The summed E-state index contributed by atoms with van der Waals surface area (Å²) >= 11 is 0. The maximum Gasteiger partial charge on any atom is 0.673 e. The van der Waals surface area contributed by atoms with E-state index >= 15 is 0 Å². The molecule has 7 nitrogen and oxygen atoms in total. The van der Waals surface area contributed by atoms with Gasteiger partial charge in [-0.05, 0) is 38.1 Å². The minimum Gasteiger partial charge on any atom is -0.497 e. The Kier molecular flexibility index (Phi) is 9.41. The van der Waals surface area contributed by atoms with E-state index in [4.69, 9.17) is 19.6 Å². The van der Waals surface area contributed by atoms with Gasteiger partial charge in [-0.1, -0.05) is 0 Å². The molecule has 0 heterocycles. The monoisotopic (exact) mass is 429 g/mol. The number of carbonyl (C=O) groups excluding carboxylic acids is 1. The highest BCUT2D eigenvalue weighted by atomic mass is 19.5. The average Bonchev–Trinajstić information content (AvgIpc) is 2.69. The molecule has 162 valence electrons. The molecule has 2 aromatic carbocycles. The molecule has 12 heteroatoms. The van der Waals surface area contributed by atoms with Crippen LogP contribution in [0.2, 0.25) is 0 Å². The summed E-state index contributed by atoms with van der Waals surface area (Å²) in [6.07, 6.45) is 0. The third-order valence-electron chi connectivity index (χ3n) is 3.37. The molecule has 1 N–H and O–H groups in total. The van der Waals surface area contributed by atoms with E-state index in [1.54, 1.807) is 37.4 Å². The Bertz CT molecular complexity index is 881. The highest BCUT2D eigenvalue weighted by molar-refractivity contribution is 6.50. The molecule has 0 unspecified atom stereocenters. The summed E-state index contributed by atoms with van der Waals surface area (Å²) in [6.45, 7) is 4.42. The molecule has 0 aliphatic heterocycles. The molecule has 0 atom stereocenters. The Morgan fingerprint density at radius 2 is 1.57 bits per heavy atom. The summed E-state index contributed by atoms with van der Waals surface area (Å²) in [4.78, 5) is 15.7. The van der Waals surface area contributed by atoms with Crippen LogP contribution >= 0.6 is 0 Å². The lowest BCUT2D eigenvalue weighted by atomic mass is 10.2. The van der Waals surface area contributed by atoms with E-state index in [1.165, 1.54) is 6.07 Å². The minimum absolute atomic E-state index is 0.229. The second kappa shape index (κ2) is 11.5. The fourth-order valence-corrected chi connectivity index (χ4v) is 2.21. The van der Waals surface area contributed by atoms with Gasteiger partial charge in [0.1, 0.15) is 5.75 Å². The smallest absolute Gasteiger partial charge is 0.497 e. The van der Waals surface area contributed by atoms with Gasteiger partial charge in [0, 0.05) is 11.6 Å². The largest absolute Gasteiger partial charge is 0.673 e. The number of diazo groups is 1. The van der Waals surface area contributed by atoms with Gasteiger partial charge in [0.25, 0.3) is 5.91 Å². The lowest BCUT2D eigenvalue weighted by molar-refractivity contribution is 0.102. The van der Waals surface area contributed by atoms with E-state index in [-0.39, 0.29) is 11.6 Å². The molecular formula is C18H20BF4N3O4. The van der Waals surface area contributed by atoms with Gasteiger partial charge in [-0.15, -0.1) is 0 Å². The molecule has 0 radical (unpaired) electrons. The van der Waals surface area contributed by atoms with Crippen molar-refractivity contribution in [3.8, 4) is 17.2 Å². The Labute approximate surface area is 170 Å². The zero-order chi connectivity index (χ0) is 22.7. The number of amides is 1. The molecule has 0 bridgehead atoms. The molecule has 2 aromatic rings. The molecule has 0 fully saturated rings. The van der Waals surface area contributed by atoms with Crippen LogP contribution < -0.4 is 19.5 Å². The van der Waals surface area contributed by atoms with Crippen LogP contribution in [0.1, 0.15) is 24.2 Å². The van der Waals surface area contributed by atoms with E-state index in [0.29, 0.717) is 41.7 Å². The maximum absolute atomic E-state index is 12.5. The van der Waals surface area contributed by atoms with Gasteiger partial charge < -0.3 is 36.8 Å². The number of anilines is 1. The van der Waals surface area contributed by atoms with E-state index < -0.39 is 7.25 Å². The summed E-state index contributed by atoms with van der Waals surface area (Å²) in [5, 5.41) is 11.9. The first-order valence-electron chi connectivity index (χ1n) is 8.74. The number of halogens is 4. The Morgan fingerprint density at radius 3 is 2.03 bits per heavy atom. The average molecular weight is 429 g/mol. The van der Waals surface area contributed by atoms with Gasteiger partial charge in [0.15, 0.2) is 10.7 Å². The second-order valence-corrected chi connectivity index (χ2v) is 5.46. The number of rotatable bonds is 7. The summed E-state index contributed by atoms with van der Waals surface area (Å²) in [6, 6.07) is 9.82. The normalized spacial score (nSPS) is 10.2. The first kappa shape index (κ1) is 24.6. The Hall–Kier alpha value is -3.49. The number of carbonyl (C=O) groups is 1. The molecule has 30 heavy (non-hydrogen) atoms. The van der Waals surface area contributed by atoms with Crippen LogP contribution in [0.15, 0.2) is 36.4 Å². The van der Waals surface area contributed by atoms with Crippen molar-refractivity contribution < 1.29 is 36.3 Å². The van der Waals surface area contributed by atoms with E-state index in [2.05, 4.69) is 10.3 Å². The predicted octanol–water partition coefficient (Wildman–Crippen LogP) is 5.53. The van der Waals surface area contributed by atoms with Crippen molar-refractivity contribution in [1.29, 1.82) is 5.39 Å². The third kappa shape index (κ3) is 8.26. The van der Waals surface area contributed by atoms with Crippen LogP contribution in [-0.2, 0) is 0 Å². The highest BCUT2D eigenvalue weighted by Crippen LogP contribution is 2.38. The molecular weight excluding hydrogens is 409 g/mol. The molecule has 0 aromatic heterocycles. The Morgan fingerprint density at radius 1 is 1.03 bits per heavy atom. The lowest BCUT2D eigenvalue weighted by Crippen LogP contribution is -2.13. The SMILES string of the molecule is CCOc1cc(NC(=O)c2ccc(OC)cc2)c(OCC)cc1[N+]#N.F[B-](F)(F)F. The van der Waals surface area contributed by atoms with Crippen molar-refractivity contribution in [3.63, 3.8) is 0 Å². The zero-order valence-corrected chi connectivity index (χ0v) is 16.5. The topological polar surface area (TPSA) is 84.9 Å². The minimum atomic E-state index is -6.00. The third-order valence-corrected chi connectivity index (χ3v) is 3.37. The highest BCUT2D eigenvalue weighted by Gasteiger charge is 2.22. The van der Waals surface area contributed by atoms with E-state index in [0.717, 1.165) is 0 Å². The van der Waals surface area contributed by atoms with Crippen molar-refractivity contribution in [2.24, 2.45) is 0 Å². The van der Waals surface area contributed by atoms with E-state index in [1.807, 2.05) is 13.8 Å². The molecule has 0 aliphatic rings. The van der Waals surface area contributed by atoms with Crippen molar-refractivity contribution in [3.05, 3.63) is 46.9 Å². The van der Waals surface area contributed by atoms with Gasteiger partial charge in [-0.2, -0.15) is 0 Å². The summed E-state index contributed by atoms with van der Waals surface area (Å²) < 4.78 is 55.1. The maximum atomic E-state index is 12.5. The number of methoxy groups -OCH3 is 1.